The summed E-state index contributed by atoms with van der Waals surface area (Å²) in [7, 11) is 1.53. The van der Waals surface area contributed by atoms with Gasteiger partial charge in [-0.3, -0.25) is 14.2 Å². The van der Waals surface area contributed by atoms with Crippen molar-refractivity contribution >= 4 is 56.5 Å². The quantitative estimate of drug-likeness (QED) is 0.176. The Morgan fingerprint density at radius 2 is 2.09 bits per heavy atom. The third kappa shape index (κ3) is 4.89. The topological polar surface area (TPSA) is 73.2 Å². The second-order valence-corrected chi connectivity index (χ2v) is 9.97. The van der Waals surface area contributed by atoms with Crippen LogP contribution in [0.5, 0.6) is 5.75 Å². The number of aromatic nitrogens is 2. The van der Waals surface area contributed by atoms with Gasteiger partial charge in [0.25, 0.3) is 5.56 Å². The highest BCUT2D eigenvalue weighted by Gasteiger charge is 2.22. The number of thiophene rings is 1. The van der Waals surface area contributed by atoms with Crippen molar-refractivity contribution < 1.29 is 9.53 Å². The molecule has 0 fully saturated rings. The van der Waals surface area contributed by atoms with Crippen LogP contribution in [0.2, 0.25) is 5.02 Å². The molecule has 4 aromatic rings. The van der Waals surface area contributed by atoms with E-state index in [4.69, 9.17) is 21.3 Å². The fourth-order valence-corrected chi connectivity index (χ4v) is 5.58. The van der Waals surface area contributed by atoms with Crippen molar-refractivity contribution in [1.29, 1.82) is 0 Å². The first kappa shape index (κ1) is 24.1. The SMILES string of the molecule is C=CCn1c(SC(C)C(=O)Nc2ccc(OC)c(Cl)c2)nc2scc(-c3ccccc3)c2c1=O. The molecule has 1 amide bonds. The highest BCUT2D eigenvalue weighted by molar-refractivity contribution is 8.00. The summed E-state index contributed by atoms with van der Waals surface area (Å²) in [6, 6.07) is 14.8. The minimum Gasteiger partial charge on any atom is -0.495 e. The number of allylic oxidation sites excluding steroid dienone is 1. The Labute approximate surface area is 210 Å². The van der Waals surface area contributed by atoms with Crippen molar-refractivity contribution in [2.45, 2.75) is 23.9 Å². The second-order valence-electron chi connectivity index (χ2n) is 7.39. The molecule has 174 valence electrons. The van der Waals surface area contributed by atoms with Gasteiger partial charge in [0, 0.05) is 23.2 Å². The van der Waals surface area contributed by atoms with E-state index in [1.165, 1.54) is 30.2 Å². The zero-order valence-corrected chi connectivity index (χ0v) is 21.0. The molecule has 2 aromatic heterocycles. The Kier molecular flexibility index (Phi) is 7.41. The number of carbonyl (C=O) groups excluding carboxylic acids is 1. The molecule has 1 atom stereocenters. The highest BCUT2D eigenvalue weighted by atomic mass is 35.5. The molecule has 34 heavy (non-hydrogen) atoms. The summed E-state index contributed by atoms with van der Waals surface area (Å²) in [6.07, 6.45) is 1.65. The molecule has 0 saturated carbocycles. The van der Waals surface area contributed by atoms with E-state index in [-0.39, 0.29) is 18.0 Å². The Bertz CT molecular complexity index is 1420. The third-order valence-corrected chi connectivity index (χ3v) is 7.38. The first-order chi connectivity index (χ1) is 16.4. The van der Waals surface area contributed by atoms with E-state index in [1.54, 1.807) is 35.8 Å². The Morgan fingerprint density at radius 1 is 1.32 bits per heavy atom. The lowest BCUT2D eigenvalue weighted by molar-refractivity contribution is -0.115. The second kappa shape index (κ2) is 10.5. The fraction of sp³-hybridized carbons (Fsp3) is 0.160. The Hall–Kier alpha value is -3.07. The molecule has 0 saturated heterocycles. The maximum absolute atomic E-state index is 13.5. The summed E-state index contributed by atoms with van der Waals surface area (Å²) < 4.78 is 6.71. The molecule has 0 spiro atoms. The van der Waals surface area contributed by atoms with Gasteiger partial charge in [-0.05, 0) is 30.7 Å². The fourth-order valence-electron chi connectivity index (χ4n) is 3.42. The van der Waals surface area contributed by atoms with Gasteiger partial charge in [0.2, 0.25) is 5.91 Å². The lowest BCUT2D eigenvalue weighted by Gasteiger charge is -2.15. The molecular weight excluding hydrogens is 490 g/mol. The van der Waals surface area contributed by atoms with Gasteiger partial charge < -0.3 is 10.1 Å². The standard InChI is InChI=1S/C25H22ClN3O3S2/c1-4-12-29-24(31)21-18(16-8-6-5-7-9-16)14-33-23(21)28-25(29)34-15(2)22(30)27-17-10-11-20(32-3)19(26)13-17/h4-11,13-15H,1,12H2,2-3H3,(H,27,30). The van der Waals surface area contributed by atoms with Crippen LogP contribution in [-0.4, -0.2) is 27.8 Å². The lowest BCUT2D eigenvalue weighted by atomic mass is 10.1. The van der Waals surface area contributed by atoms with E-state index in [0.29, 0.717) is 31.8 Å². The summed E-state index contributed by atoms with van der Waals surface area (Å²) in [5, 5.41) is 5.73. The van der Waals surface area contributed by atoms with Crippen molar-refractivity contribution in [3.05, 3.63) is 81.9 Å². The molecule has 0 bridgehead atoms. The number of anilines is 1. The maximum atomic E-state index is 13.5. The first-order valence-corrected chi connectivity index (χ1v) is 12.6. The normalized spacial score (nSPS) is 11.9. The van der Waals surface area contributed by atoms with E-state index in [0.717, 1.165) is 11.1 Å². The smallest absolute Gasteiger partial charge is 0.263 e. The number of methoxy groups -OCH3 is 1. The number of thioether (sulfide) groups is 1. The van der Waals surface area contributed by atoms with Gasteiger partial charge in [-0.2, -0.15) is 0 Å². The number of nitrogens with zero attached hydrogens (tertiary/aromatic N) is 2. The van der Waals surface area contributed by atoms with Gasteiger partial charge in [-0.25, -0.2) is 4.98 Å². The van der Waals surface area contributed by atoms with Gasteiger partial charge in [0.15, 0.2) is 5.16 Å². The van der Waals surface area contributed by atoms with Crippen molar-refractivity contribution in [3.8, 4) is 16.9 Å². The molecule has 0 radical (unpaired) electrons. The number of fused-ring (bicyclic) bond motifs is 1. The maximum Gasteiger partial charge on any atom is 0.263 e. The van der Waals surface area contributed by atoms with Crippen molar-refractivity contribution in [1.82, 2.24) is 9.55 Å². The van der Waals surface area contributed by atoms with Gasteiger partial charge in [0.1, 0.15) is 10.6 Å². The zero-order chi connectivity index (χ0) is 24.2. The van der Waals surface area contributed by atoms with Crippen LogP contribution >= 0.6 is 34.7 Å². The van der Waals surface area contributed by atoms with Crippen LogP contribution in [0, 0.1) is 0 Å². The number of halogens is 1. The van der Waals surface area contributed by atoms with Crippen LogP contribution in [0.1, 0.15) is 6.92 Å². The molecule has 0 aliphatic heterocycles. The number of carbonyl (C=O) groups is 1. The average molecular weight is 512 g/mol. The molecule has 1 N–H and O–H groups in total. The van der Waals surface area contributed by atoms with Crippen molar-refractivity contribution in [2.24, 2.45) is 0 Å². The zero-order valence-electron chi connectivity index (χ0n) is 18.6. The van der Waals surface area contributed by atoms with Crippen molar-refractivity contribution in [2.75, 3.05) is 12.4 Å². The molecule has 0 aliphatic rings. The molecule has 9 heteroatoms. The Balaban J connectivity index is 1.64. The number of ether oxygens (including phenoxy) is 1. The monoisotopic (exact) mass is 511 g/mol. The predicted molar refractivity (Wildman–Crippen MR) is 141 cm³/mol. The summed E-state index contributed by atoms with van der Waals surface area (Å²) in [5.74, 6) is 0.292. The molecule has 1 unspecified atom stereocenters. The van der Waals surface area contributed by atoms with E-state index in [9.17, 15) is 9.59 Å². The van der Waals surface area contributed by atoms with E-state index >= 15 is 0 Å². The molecule has 2 heterocycles. The Morgan fingerprint density at radius 3 is 2.76 bits per heavy atom. The summed E-state index contributed by atoms with van der Waals surface area (Å²) >= 11 is 8.80. The van der Waals surface area contributed by atoms with Gasteiger partial charge in [-0.1, -0.05) is 59.8 Å². The van der Waals surface area contributed by atoms with Crippen LogP contribution in [0.25, 0.3) is 21.3 Å². The number of amides is 1. The van der Waals surface area contributed by atoms with Crippen molar-refractivity contribution in [3.63, 3.8) is 0 Å². The molecule has 4 rings (SSSR count). The number of rotatable bonds is 8. The highest BCUT2D eigenvalue weighted by Crippen LogP contribution is 2.33. The van der Waals surface area contributed by atoms with E-state index < -0.39 is 5.25 Å². The predicted octanol–water partition coefficient (Wildman–Crippen LogP) is 6.09. The molecular formula is C25H22ClN3O3S2. The molecule has 6 nitrogen and oxygen atoms in total. The molecule has 0 aliphatic carbocycles. The van der Waals surface area contributed by atoms with Crippen LogP contribution < -0.4 is 15.6 Å². The van der Waals surface area contributed by atoms with Crippen LogP contribution in [0.4, 0.5) is 5.69 Å². The van der Waals surface area contributed by atoms with Crippen LogP contribution in [0.15, 0.2) is 76.5 Å². The minimum atomic E-state index is -0.519. The number of benzene rings is 2. The van der Waals surface area contributed by atoms with E-state index in [2.05, 4.69) is 11.9 Å². The van der Waals surface area contributed by atoms with E-state index in [1.807, 2.05) is 35.7 Å². The summed E-state index contributed by atoms with van der Waals surface area (Å²) in [5.41, 5.74) is 2.22. The third-order valence-electron chi connectivity index (χ3n) is 5.13. The van der Waals surface area contributed by atoms with Gasteiger partial charge in [0.05, 0.1) is 22.8 Å². The first-order valence-electron chi connectivity index (χ1n) is 10.4. The van der Waals surface area contributed by atoms with Crippen LogP contribution in [0.3, 0.4) is 0 Å². The number of hydrogen-bond acceptors (Lipinski definition) is 6. The van der Waals surface area contributed by atoms with Gasteiger partial charge in [-0.15, -0.1) is 17.9 Å². The summed E-state index contributed by atoms with van der Waals surface area (Å²) in [6.45, 7) is 5.84. The molecule has 2 aromatic carbocycles. The average Bonchev–Trinajstić information content (AvgIpc) is 3.26. The number of nitrogens with one attached hydrogen (secondary N) is 1. The largest absolute Gasteiger partial charge is 0.495 e. The van der Waals surface area contributed by atoms with Gasteiger partial charge >= 0.3 is 0 Å². The van der Waals surface area contributed by atoms with Crippen LogP contribution in [-0.2, 0) is 11.3 Å². The minimum absolute atomic E-state index is 0.151. The summed E-state index contributed by atoms with van der Waals surface area (Å²) in [4.78, 5) is 31.7. The lowest BCUT2D eigenvalue weighted by Crippen LogP contribution is -2.26. The number of hydrogen-bond donors (Lipinski definition) is 1.